The number of nitrogens with zero attached hydrogens (tertiary/aromatic N) is 1. The lowest BCUT2D eigenvalue weighted by Gasteiger charge is -2.09. The molecule has 0 radical (unpaired) electrons. The SMILES string of the molecule is COc1ccccc1-c1c(N)n[nH]c1-c1ccoc1Cl. The zero-order valence-electron chi connectivity index (χ0n) is 10.7. The highest BCUT2D eigenvalue weighted by atomic mass is 35.5. The van der Waals surface area contributed by atoms with Gasteiger partial charge in [-0.15, -0.1) is 0 Å². The van der Waals surface area contributed by atoms with Crippen LogP contribution in [0.4, 0.5) is 5.82 Å². The van der Waals surface area contributed by atoms with E-state index in [9.17, 15) is 0 Å². The minimum absolute atomic E-state index is 0.282. The van der Waals surface area contributed by atoms with E-state index >= 15 is 0 Å². The van der Waals surface area contributed by atoms with Gasteiger partial charge in [-0.2, -0.15) is 5.10 Å². The van der Waals surface area contributed by atoms with Gasteiger partial charge in [-0.1, -0.05) is 18.2 Å². The quantitative estimate of drug-likeness (QED) is 0.772. The molecule has 102 valence electrons. The lowest BCUT2D eigenvalue weighted by molar-refractivity contribution is 0.416. The fourth-order valence-electron chi connectivity index (χ4n) is 2.15. The van der Waals surface area contributed by atoms with E-state index in [0.29, 0.717) is 22.8 Å². The fourth-order valence-corrected chi connectivity index (χ4v) is 2.36. The minimum atomic E-state index is 0.282. The van der Waals surface area contributed by atoms with E-state index in [0.717, 1.165) is 11.1 Å². The number of rotatable bonds is 3. The molecule has 1 aromatic carbocycles. The van der Waals surface area contributed by atoms with E-state index in [1.165, 1.54) is 6.26 Å². The predicted molar refractivity (Wildman–Crippen MR) is 77.7 cm³/mol. The number of hydrogen-bond donors (Lipinski definition) is 2. The highest BCUT2D eigenvalue weighted by Crippen LogP contribution is 2.41. The molecule has 0 atom stereocenters. The van der Waals surface area contributed by atoms with Crippen molar-refractivity contribution < 1.29 is 9.15 Å². The zero-order valence-corrected chi connectivity index (χ0v) is 11.4. The Morgan fingerprint density at radius 2 is 2.05 bits per heavy atom. The van der Waals surface area contributed by atoms with Crippen LogP contribution in [0, 0.1) is 0 Å². The lowest BCUT2D eigenvalue weighted by atomic mass is 10.0. The summed E-state index contributed by atoms with van der Waals surface area (Å²) in [6, 6.07) is 9.34. The molecule has 0 aliphatic rings. The molecule has 0 bridgehead atoms. The molecule has 20 heavy (non-hydrogen) atoms. The van der Waals surface area contributed by atoms with Gasteiger partial charge in [-0.05, 0) is 23.7 Å². The van der Waals surface area contributed by atoms with E-state index in [1.807, 2.05) is 24.3 Å². The Morgan fingerprint density at radius 1 is 1.25 bits per heavy atom. The van der Waals surface area contributed by atoms with Crippen molar-refractivity contribution in [3.05, 3.63) is 41.8 Å². The molecule has 3 N–H and O–H groups in total. The summed E-state index contributed by atoms with van der Waals surface area (Å²) >= 11 is 6.03. The first-order valence-electron chi connectivity index (χ1n) is 5.93. The fraction of sp³-hybridized carbons (Fsp3) is 0.0714. The minimum Gasteiger partial charge on any atom is -0.496 e. The summed E-state index contributed by atoms with van der Waals surface area (Å²) in [7, 11) is 1.61. The standard InChI is InChI=1S/C14H12ClN3O2/c1-19-10-5-3-2-4-8(10)11-12(17-18-14(11)16)9-6-7-20-13(9)15/h2-7H,1H3,(H3,16,17,18). The number of para-hydroxylation sites is 1. The van der Waals surface area contributed by atoms with E-state index in [-0.39, 0.29) is 5.22 Å². The van der Waals surface area contributed by atoms with Gasteiger partial charge >= 0.3 is 0 Å². The average Bonchev–Trinajstić information content (AvgIpc) is 3.04. The third-order valence-corrected chi connectivity index (χ3v) is 3.35. The second kappa shape index (κ2) is 4.94. The first kappa shape index (κ1) is 12.6. The van der Waals surface area contributed by atoms with Crippen LogP contribution in [0.2, 0.25) is 5.22 Å². The van der Waals surface area contributed by atoms with Crippen molar-refractivity contribution in [1.29, 1.82) is 0 Å². The largest absolute Gasteiger partial charge is 0.496 e. The molecule has 3 rings (SSSR count). The van der Waals surface area contributed by atoms with Crippen LogP contribution in [0.25, 0.3) is 22.4 Å². The molecule has 2 aromatic heterocycles. The van der Waals surface area contributed by atoms with E-state index in [4.69, 9.17) is 26.5 Å². The topological polar surface area (TPSA) is 77.1 Å². The molecule has 0 aliphatic heterocycles. The van der Waals surface area contributed by atoms with Crippen LogP contribution in [0.1, 0.15) is 0 Å². The summed E-state index contributed by atoms with van der Waals surface area (Å²) in [5.41, 5.74) is 8.97. The number of halogens is 1. The Kier molecular flexibility index (Phi) is 3.12. The number of methoxy groups -OCH3 is 1. The van der Waals surface area contributed by atoms with Crippen molar-refractivity contribution in [2.75, 3.05) is 12.8 Å². The molecular formula is C14H12ClN3O2. The number of anilines is 1. The maximum absolute atomic E-state index is 6.03. The number of aromatic nitrogens is 2. The number of furan rings is 1. The third-order valence-electron chi connectivity index (χ3n) is 3.06. The summed E-state index contributed by atoms with van der Waals surface area (Å²) in [6.07, 6.45) is 1.51. The van der Waals surface area contributed by atoms with Gasteiger partial charge in [0, 0.05) is 5.56 Å². The number of hydrogen-bond acceptors (Lipinski definition) is 4. The predicted octanol–water partition coefficient (Wildman–Crippen LogP) is 3.58. The summed E-state index contributed by atoms with van der Waals surface area (Å²) < 4.78 is 10.5. The molecule has 0 saturated carbocycles. The molecule has 2 heterocycles. The van der Waals surface area contributed by atoms with Gasteiger partial charge < -0.3 is 14.9 Å². The smallest absolute Gasteiger partial charge is 0.202 e. The van der Waals surface area contributed by atoms with Crippen LogP contribution >= 0.6 is 11.6 Å². The molecule has 0 spiro atoms. The highest BCUT2D eigenvalue weighted by molar-refractivity contribution is 6.31. The first-order valence-corrected chi connectivity index (χ1v) is 6.30. The Balaban J connectivity index is 2.25. The number of aromatic amines is 1. The summed E-state index contributed by atoms with van der Waals surface area (Å²) in [4.78, 5) is 0. The van der Waals surface area contributed by atoms with Gasteiger partial charge in [0.25, 0.3) is 0 Å². The molecule has 6 heteroatoms. The Hall–Kier alpha value is -2.40. The van der Waals surface area contributed by atoms with Crippen molar-refractivity contribution in [2.45, 2.75) is 0 Å². The maximum Gasteiger partial charge on any atom is 0.202 e. The molecule has 3 aromatic rings. The summed E-state index contributed by atoms with van der Waals surface area (Å²) in [5, 5.41) is 7.24. The molecule has 0 aliphatic carbocycles. The van der Waals surface area contributed by atoms with Gasteiger partial charge in [0.05, 0.1) is 30.2 Å². The third kappa shape index (κ3) is 1.92. The van der Waals surface area contributed by atoms with Crippen LogP contribution in [0.3, 0.4) is 0 Å². The van der Waals surface area contributed by atoms with Crippen molar-refractivity contribution in [1.82, 2.24) is 10.2 Å². The van der Waals surface area contributed by atoms with Crippen LogP contribution in [0.5, 0.6) is 5.75 Å². The van der Waals surface area contributed by atoms with Crippen LogP contribution in [-0.2, 0) is 0 Å². The monoisotopic (exact) mass is 289 g/mol. The summed E-state index contributed by atoms with van der Waals surface area (Å²) in [6.45, 7) is 0. The zero-order chi connectivity index (χ0) is 14.1. The van der Waals surface area contributed by atoms with E-state index < -0.39 is 0 Å². The molecule has 0 saturated heterocycles. The van der Waals surface area contributed by atoms with Gasteiger partial charge in [-0.3, -0.25) is 5.10 Å². The molecule has 0 unspecified atom stereocenters. The van der Waals surface area contributed by atoms with Crippen molar-refractivity contribution in [3.8, 4) is 28.1 Å². The normalized spacial score (nSPS) is 10.7. The van der Waals surface area contributed by atoms with Gasteiger partial charge in [0.1, 0.15) is 5.75 Å². The van der Waals surface area contributed by atoms with Crippen LogP contribution in [0.15, 0.2) is 41.0 Å². The average molecular weight is 290 g/mol. The van der Waals surface area contributed by atoms with Crippen molar-refractivity contribution in [2.24, 2.45) is 0 Å². The Labute approximate surface area is 120 Å². The number of benzene rings is 1. The van der Waals surface area contributed by atoms with Gasteiger partial charge in [0.15, 0.2) is 5.82 Å². The number of nitrogen functional groups attached to an aromatic ring is 1. The van der Waals surface area contributed by atoms with Crippen molar-refractivity contribution >= 4 is 17.4 Å². The second-order valence-corrected chi connectivity index (χ2v) is 4.51. The number of nitrogens with two attached hydrogens (primary N) is 1. The Morgan fingerprint density at radius 3 is 2.75 bits per heavy atom. The first-order chi connectivity index (χ1) is 9.72. The second-order valence-electron chi connectivity index (χ2n) is 4.17. The summed E-state index contributed by atoms with van der Waals surface area (Å²) in [5.74, 6) is 1.09. The molecule has 0 amide bonds. The van der Waals surface area contributed by atoms with Crippen LogP contribution < -0.4 is 10.5 Å². The van der Waals surface area contributed by atoms with Gasteiger partial charge in [0.2, 0.25) is 5.22 Å². The number of H-pyrrole nitrogens is 1. The Bertz CT molecular complexity index is 748. The van der Waals surface area contributed by atoms with E-state index in [1.54, 1.807) is 13.2 Å². The number of nitrogens with one attached hydrogen (secondary N) is 1. The van der Waals surface area contributed by atoms with Crippen LogP contribution in [-0.4, -0.2) is 17.3 Å². The molecule has 5 nitrogen and oxygen atoms in total. The molecule has 0 fully saturated rings. The maximum atomic E-state index is 6.03. The highest BCUT2D eigenvalue weighted by Gasteiger charge is 2.20. The van der Waals surface area contributed by atoms with Crippen molar-refractivity contribution in [3.63, 3.8) is 0 Å². The van der Waals surface area contributed by atoms with Gasteiger partial charge in [-0.25, -0.2) is 0 Å². The number of ether oxygens (including phenoxy) is 1. The molecular weight excluding hydrogens is 278 g/mol. The lowest BCUT2D eigenvalue weighted by Crippen LogP contribution is -1.92. The van der Waals surface area contributed by atoms with E-state index in [2.05, 4.69) is 10.2 Å².